The van der Waals surface area contributed by atoms with Gasteiger partial charge in [-0.05, 0) is 6.42 Å². The third-order valence-corrected chi connectivity index (χ3v) is 5.41. The minimum Gasteiger partial charge on any atom is -0.481 e. The standard InChI is InChI=1S/C23H46O2.H3N/c1-3-4-5-6-7-8-9-10-11-12-13-14-15-16-17-18-19-20-21-22(2)23(24)25;/h22H,3-21H2,1-2H3,(H,24,25);1H3. The molecule has 0 aromatic rings. The average molecular weight is 372 g/mol. The van der Waals surface area contributed by atoms with Crippen LogP contribution in [0.1, 0.15) is 136 Å². The van der Waals surface area contributed by atoms with E-state index in [0.29, 0.717) is 0 Å². The van der Waals surface area contributed by atoms with Gasteiger partial charge in [0.25, 0.3) is 0 Å². The van der Waals surface area contributed by atoms with Crippen molar-refractivity contribution in [3.63, 3.8) is 0 Å². The Morgan fingerprint density at radius 3 is 1.15 bits per heavy atom. The van der Waals surface area contributed by atoms with E-state index in [1.54, 1.807) is 0 Å². The zero-order chi connectivity index (χ0) is 18.6. The molecule has 0 aliphatic carbocycles. The van der Waals surface area contributed by atoms with Crippen LogP contribution in [0.15, 0.2) is 0 Å². The Hall–Kier alpha value is -0.570. The number of aliphatic carboxylic acids is 1. The van der Waals surface area contributed by atoms with Gasteiger partial charge in [0.05, 0.1) is 5.92 Å². The highest BCUT2D eigenvalue weighted by Gasteiger charge is 2.09. The van der Waals surface area contributed by atoms with Crippen LogP contribution in [0.2, 0.25) is 0 Å². The van der Waals surface area contributed by atoms with Crippen LogP contribution >= 0.6 is 0 Å². The van der Waals surface area contributed by atoms with Gasteiger partial charge in [-0.1, -0.05) is 129 Å². The summed E-state index contributed by atoms with van der Waals surface area (Å²) in [6, 6.07) is 0. The van der Waals surface area contributed by atoms with Gasteiger partial charge in [0.15, 0.2) is 0 Å². The van der Waals surface area contributed by atoms with E-state index in [4.69, 9.17) is 5.11 Å². The Morgan fingerprint density at radius 1 is 0.615 bits per heavy atom. The molecular formula is C23H49NO2. The Morgan fingerprint density at radius 2 is 0.885 bits per heavy atom. The molecule has 0 fully saturated rings. The summed E-state index contributed by atoms with van der Waals surface area (Å²) in [4.78, 5) is 10.7. The highest BCUT2D eigenvalue weighted by molar-refractivity contribution is 5.69. The summed E-state index contributed by atoms with van der Waals surface area (Å²) in [7, 11) is 0. The molecule has 0 heterocycles. The smallest absolute Gasteiger partial charge is 0.306 e. The molecule has 0 rings (SSSR count). The number of carbonyl (C=O) groups is 1. The fourth-order valence-corrected chi connectivity index (χ4v) is 3.48. The summed E-state index contributed by atoms with van der Waals surface area (Å²) in [5.74, 6) is -0.812. The highest BCUT2D eigenvalue weighted by Crippen LogP contribution is 2.15. The molecule has 0 aliphatic rings. The van der Waals surface area contributed by atoms with Crippen molar-refractivity contribution in [1.82, 2.24) is 6.15 Å². The van der Waals surface area contributed by atoms with Crippen LogP contribution < -0.4 is 6.15 Å². The second-order valence-corrected chi connectivity index (χ2v) is 8.04. The van der Waals surface area contributed by atoms with Crippen molar-refractivity contribution in [2.45, 2.75) is 136 Å². The minimum absolute atomic E-state index is 0. The van der Waals surface area contributed by atoms with Crippen LogP contribution in [-0.2, 0) is 4.79 Å². The molecule has 158 valence electrons. The summed E-state index contributed by atoms with van der Waals surface area (Å²) in [5, 5.41) is 8.83. The van der Waals surface area contributed by atoms with E-state index in [9.17, 15) is 4.79 Å². The molecule has 3 nitrogen and oxygen atoms in total. The van der Waals surface area contributed by atoms with E-state index in [1.807, 2.05) is 6.92 Å². The van der Waals surface area contributed by atoms with Gasteiger partial charge >= 0.3 is 5.97 Å². The van der Waals surface area contributed by atoms with Crippen LogP contribution in [0, 0.1) is 5.92 Å². The van der Waals surface area contributed by atoms with Crippen molar-refractivity contribution in [2.75, 3.05) is 0 Å². The van der Waals surface area contributed by atoms with Gasteiger partial charge < -0.3 is 11.3 Å². The van der Waals surface area contributed by atoms with Crippen LogP contribution in [0.3, 0.4) is 0 Å². The molecule has 4 N–H and O–H groups in total. The molecule has 0 saturated heterocycles. The van der Waals surface area contributed by atoms with Gasteiger partial charge in [0.2, 0.25) is 0 Å². The fourth-order valence-electron chi connectivity index (χ4n) is 3.48. The number of unbranched alkanes of at least 4 members (excludes halogenated alkanes) is 17. The SMILES string of the molecule is CCCCCCCCCCCCCCCCCCCCC(C)C(=O)O.N. The van der Waals surface area contributed by atoms with Gasteiger partial charge in [-0.3, -0.25) is 4.79 Å². The number of hydrogen-bond acceptors (Lipinski definition) is 2. The van der Waals surface area contributed by atoms with Crippen molar-refractivity contribution in [2.24, 2.45) is 5.92 Å². The molecule has 0 bridgehead atoms. The van der Waals surface area contributed by atoms with Crippen molar-refractivity contribution in [3.05, 3.63) is 0 Å². The molecule has 0 saturated carbocycles. The van der Waals surface area contributed by atoms with E-state index < -0.39 is 5.97 Å². The number of carboxylic acid groups (broad SMARTS) is 1. The third-order valence-electron chi connectivity index (χ3n) is 5.41. The summed E-state index contributed by atoms with van der Waals surface area (Å²) in [5.41, 5.74) is 0. The zero-order valence-electron chi connectivity index (χ0n) is 18.1. The van der Waals surface area contributed by atoms with E-state index >= 15 is 0 Å². The number of rotatable bonds is 20. The van der Waals surface area contributed by atoms with Gasteiger partial charge in [0, 0.05) is 0 Å². The van der Waals surface area contributed by atoms with Crippen molar-refractivity contribution in [3.8, 4) is 0 Å². The fraction of sp³-hybridized carbons (Fsp3) is 0.957. The van der Waals surface area contributed by atoms with Crippen molar-refractivity contribution >= 4 is 5.97 Å². The molecule has 0 radical (unpaired) electrons. The lowest BCUT2D eigenvalue weighted by atomic mass is 10.0. The lowest BCUT2D eigenvalue weighted by Crippen LogP contribution is -2.08. The van der Waals surface area contributed by atoms with E-state index in [0.717, 1.165) is 12.8 Å². The summed E-state index contributed by atoms with van der Waals surface area (Å²) in [6.07, 6.45) is 25.7. The summed E-state index contributed by atoms with van der Waals surface area (Å²) >= 11 is 0. The second kappa shape index (κ2) is 22.5. The number of carboxylic acids is 1. The molecule has 0 aliphatic heterocycles. The Kier molecular flexibility index (Phi) is 23.9. The summed E-state index contributed by atoms with van der Waals surface area (Å²) in [6.45, 7) is 4.10. The monoisotopic (exact) mass is 371 g/mol. The molecular weight excluding hydrogens is 322 g/mol. The largest absolute Gasteiger partial charge is 0.481 e. The zero-order valence-corrected chi connectivity index (χ0v) is 18.1. The number of hydrogen-bond donors (Lipinski definition) is 2. The minimum atomic E-state index is -0.646. The van der Waals surface area contributed by atoms with E-state index in [1.165, 1.54) is 109 Å². The molecule has 3 heteroatoms. The summed E-state index contributed by atoms with van der Waals surface area (Å²) < 4.78 is 0. The van der Waals surface area contributed by atoms with Crippen LogP contribution in [0.25, 0.3) is 0 Å². The topological polar surface area (TPSA) is 72.3 Å². The first-order valence-electron chi connectivity index (χ1n) is 11.4. The maximum Gasteiger partial charge on any atom is 0.306 e. The Bertz CT molecular complexity index is 281. The van der Waals surface area contributed by atoms with Gasteiger partial charge in [-0.2, -0.15) is 0 Å². The van der Waals surface area contributed by atoms with Crippen LogP contribution in [0.5, 0.6) is 0 Å². The first-order chi connectivity index (χ1) is 12.2. The molecule has 0 aromatic carbocycles. The van der Waals surface area contributed by atoms with Gasteiger partial charge in [-0.25, -0.2) is 0 Å². The van der Waals surface area contributed by atoms with Crippen molar-refractivity contribution in [1.29, 1.82) is 0 Å². The maximum atomic E-state index is 10.7. The predicted molar refractivity (Wildman–Crippen MR) is 115 cm³/mol. The molecule has 0 aromatic heterocycles. The molecule has 0 amide bonds. The van der Waals surface area contributed by atoms with Crippen LogP contribution in [0.4, 0.5) is 0 Å². The average Bonchev–Trinajstić information content (AvgIpc) is 2.60. The second-order valence-electron chi connectivity index (χ2n) is 8.04. The first kappa shape index (κ1) is 27.6. The lowest BCUT2D eigenvalue weighted by molar-refractivity contribution is -0.141. The van der Waals surface area contributed by atoms with E-state index in [2.05, 4.69) is 6.92 Å². The lowest BCUT2D eigenvalue weighted by Gasteiger charge is -2.06. The van der Waals surface area contributed by atoms with Gasteiger partial charge in [0.1, 0.15) is 0 Å². The van der Waals surface area contributed by atoms with Crippen molar-refractivity contribution < 1.29 is 9.90 Å². The third kappa shape index (κ3) is 21.5. The first-order valence-corrected chi connectivity index (χ1v) is 11.4. The predicted octanol–water partition coefficient (Wildman–Crippen LogP) is 8.30. The Labute approximate surface area is 164 Å². The van der Waals surface area contributed by atoms with Crippen LogP contribution in [-0.4, -0.2) is 11.1 Å². The molecule has 26 heavy (non-hydrogen) atoms. The maximum absolute atomic E-state index is 10.7. The van der Waals surface area contributed by atoms with E-state index in [-0.39, 0.29) is 12.1 Å². The quantitative estimate of drug-likeness (QED) is 0.211. The van der Waals surface area contributed by atoms with Gasteiger partial charge in [-0.15, -0.1) is 0 Å². The normalized spacial score (nSPS) is 11.9. The molecule has 0 spiro atoms. The molecule has 1 unspecified atom stereocenters. The highest BCUT2D eigenvalue weighted by atomic mass is 16.4. The molecule has 1 atom stereocenters. The Balaban J connectivity index is 0.